The number of likely N-dealkylation sites (N-methyl/N-ethyl adjacent to an activating group) is 2. The second-order valence-electron chi connectivity index (χ2n) is 7.74. The molecule has 0 saturated heterocycles. The minimum Gasteiger partial charge on any atom is -0.370 e. The number of carbonyl (C=O) groups excluding carboxylic acids is 2. The van der Waals surface area contributed by atoms with Gasteiger partial charge in [-0.2, -0.15) is 0 Å². The summed E-state index contributed by atoms with van der Waals surface area (Å²) < 4.78 is 0. The molecule has 0 spiro atoms. The van der Waals surface area contributed by atoms with Gasteiger partial charge in [0.2, 0.25) is 11.8 Å². The van der Waals surface area contributed by atoms with Crippen LogP contribution >= 0.6 is 0 Å². The third-order valence-electron chi connectivity index (χ3n) is 5.16. The highest BCUT2D eigenvalue weighted by Gasteiger charge is 2.12. The van der Waals surface area contributed by atoms with Crippen LogP contribution in [0.25, 0.3) is 0 Å². The largest absolute Gasteiger partial charge is 0.370 e. The maximum atomic E-state index is 12.3. The van der Waals surface area contributed by atoms with E-state index in [-0.39, 0.29) is 24.9 Å². The molecule has 0 aliphatic rings. The summed E-state index contributed by atoms with van der Waals surface area (Å²) in [7, 11) is 1.77. The zero-order valence-electron chi connectivity index (χ0n) is 18.8. The van der Waals surface area contributed by atoms with Gasteiger partial charge in [0.05, 0.1) is 13.1 Å². The Balaban J connectivity index is 1.74. The average Bonchev–Trinajstić information content (AvgIpc) is 2.68. The second-order valence-corrected chi connectivity index (χ2v) is 7.74. The summed E-state index contributed by atoms with van der Waals surface area (Å²) in [6.45, 7) is 10.7. The lowest BCUT2D eigenvalue weighted by atomic mass is 10.1. The van der Waals surface area contributed by atoms with E-state index in [4.69, 9.17) is 0 Å². The van der Waals surface area contributed by atoms with Crippen molar-refractivity contribution in [1.82, 2.24) is 10.2 Å². The van der Waals surface area contributed by atoms with Crippen molar-refractivity contribution in [3.63, 3.8) is 0 Å². The van der Waals surface area contributed by atoms with E-state index in [1.807, 2.05) is 38.1 Å². The molecular weight excluding hydrogens is 376 g/mol. The maximum Gasteiger partial charge on any atom is 0.238 e. The Morgan fingerprint density at radius 2 is 1.67 bits per heavy atom. The Morgan fingerprint density at radius 3 is 2.37 bits per heavy atom. The van der Waals surface area contributed by atoms with E-state index in [1.165, 1.54) is 5.56 Å². The molecule has 0 aliphatic heterocycles. The molecule has 2 rings (SSSR count). The highest BCUT2D eigenvalue weighted by molar-refractivity contribution is 5.93. The molecule has 0 aliphatic carbocycles. The highest BCUT2D eigenvalue weighted by atomic mass is 16.2. The number of hydrogen-bond donors (Lipinski definition) is 2. The van der Waals surface area contributed by atoms with Gasteiger partial charge >= 0.3 is 0 Å². The molecule has 2 N–H and O–H groups in total. The number of rotatable bonds is 10. The van der Waals surface area contributed by atoms with Crippen LogP contribution in [-0.4, -0.2) is 56.5 Å². The summed E-state index contributed by atoms with van der Waals surface area (Å²) in [5, 5.41) is 5.87. The molecule has 0 saturated carbocycles. The third kappa shape index (κ3) is 7.19. The van der Waals surface area contributed by atoms with Gasteiger partial charge in [0.1, 0.15) is 0 Å². The Morgan fingerprint density at radius 1 is 0.967 bits per heavy atom. The van der Waals surface area contributed by atoms with Gasteiger partial charge in [0.25, 0.3) is 0 Å². The zero-order valence-corrected chi connectivity index (χ0v) is 18.8. The summed E-state index contributed by atoms with van der Waals surface area (Å²) in [5.41, 5.74) is 5.38. The van der Waals surface area contributed by atoms with E-state index in [1.54, 1.807) is 11.9 Å². The first-order valence-electron chi connectivity index (χ1n) is 10.4. The molecule has 2 aromatic carbocycles. The first kappa shape index (κ1) is 23.4. The molecule has 6 heteroatoms. The standard InChI is InChI=1S/C24H34N4O2/c1-6-28(21-11-7-9-18(2)15-21)14-13-25-23(29)16-27(5)17-24(30)26-22-12-8-10-19(3)20(22)4/h7-12,15H,6,13-14,16-17H2,1-5H3,(H,25,29)(H,26,30). The van der Waals surface area contributed by atoms with Gasteiger partial charge in [-0.25, -0.2) is 0 Å². The number of amides is 2. The van der Waals surface area contributed by atoms with Crippen LogP contribution in [0, 0.1) is 20.8 Å². The van der Waals surface area contributed by atoms with Gasteiger partial charge in [-0.1, -0.05) is 24.3 Å². The molecule has 2 aromatic rings. The molecule has 0 radical (unpaired) electrons. The quantitative estimate of drug-likeness (QED) is 0.632. The van der Waals surface area contributed by atoms with Gasteiger partial charge in [-0.05, 0) is 69.6 Å². The van der Waals surface area contributed by atoms with Gasteiger partial charge in [0.15, 0.2) is 0 Å². The highest BCUT2D eigenvalue weighted by Crippen LogP contribution is 2.18. The van der Waals surface area contributed by atoms with Crippen molar-refractivity contribution in [2.24, 2.45) is 0 Å². The van der Waals surface area contributed by atoms with Crippen LogP contribution < -0.4 is 15.5 Å². The van der Waals surface area contributed by atoms with Crippen molar-refractivity contribution in [3.05, 3.63) is 59.2 Å². The fourth-order valence-electron chi connectivity index (χ4n) is 3.30. The first-order chi connectivity index (χ1) is 14.3. The average molecular weight is 411 g/mol. The summed E-state index contributed by atoms with van der Waals surface area (Å²) in [5.74, 6) is -0.215. The molecule has 2 amide bonds. The van der Waals surface area contributed by atoms with Crippen LogP contribution in [0.3, 0.4) is 0 Å². The number of aryl methyl sites for hydroxylation is 2. The SMILES string of the molecule is CCN(CCNC(=O)CN(C)CC(=O)Nc1cccc(C)c1C)c1cccc(C)c1. The third-order valence-corrected chi connectivity index (χ3v) is 5.16. The lowest BCUT2D eigenvalue weighted by Crippen LogP contribution is -2.41. The van der Waals surface area contributed by atoms with Crippen LogP contribution in [-0.2, 0) is 9.59 Å². The van der Waals surface area contributed by atoms with E-state index < -0.39 is 0 Å². The second kappa shape index (κ2) is 11.4. The van der Waals surface area contributed by atoms with E-state index in [2.05, 4.69) is 47.6 Å². The normalized spacial score (nSPS) is 10.7. The van der Waals surface area contributed by atoms with Crippen molar-refractivity contribution in [3.8, 4) is 0 Å². The van der Waals surface area contributed by atoms with Crippen LogP contribution in [0.5, 0.6) is 0 Å². The fourth-order valence-corrected chi connectivity index (χ4v) is 3.30. The smallest absolute Gasteiger partial charge is 0.238 e. The Bertz CT molecular complexity index is 866. The molecule has 0 atom stereocenters. The summed E-state index contributed by atoms with van der Waals surface area (Å²) in [6.07, 6.45) is 0. The molecule has 30 heavy (non-hydrogen) atoms. The number of nitrogens with zero attached hydrogens (tertiary/aromatic N) is 2. The molecule has 0 unspecified atom stereocenters. The number of carbonyl (C=O) groups is 2. The molecule has 162 valence electrons. The molecule has 6 nitrogen and oxygen atoms in total. The predicted octanol–water partition coefficient (Wildman–Crippen LogP) is 3.12. The van der Waals surface area contributed by atoms with Gasteiger partial charge in [-0.3, -0.25) is 14.5 Å². The maximum absolute atomic E-state index is 12.3. The minimum absolute atomic E-state index is 0.0858. The minimum atomic E-state index is -0.129. The van der Waals surface area contributed by atoms with Gasteiger partial charge < -0.3 is 15.5 Å². The topological polar surface area (TPSA) is 64.7 Å². The summed E-state index contributed by atoms with van der Waals surface area (Å²) in [6, 6.07) is 14.2. The predicted molar refractivity (Wildman–Crippen MR) is 124 cm³/mol. The Kier molecular flexibility index (Phi) is 8.87. The van der Waals surface area contributed by atoms with Gasteiger partial charge in [0, 0.05) is 31.0 Å². The fraction of sp³-hybridized carbons (Fsp3) is 0.417. The van der Waals surface area contributed by atoms with Crippen molar-refractivity contribution < 1.29 is 9.59 Å². The van der Waals surface area contributed by atoms with Crippen molar-refractivity contribution in [2.75, 3.05) is 50.0 Å². The van der Waals surface area contributed by atoms with E-state index >= 15 is 0 Å². The van der Waals surface area contributed by atoms with Crippen LogP contribution in [0.2, 0.25) is 0 Å². The van der Waals surface area contributed by atoms with Crippen molar-refractivity contribution >= 4 is 23.2 Å². The van der Waals surface area contributed by atoms with Crippen LogP contribution in [0.4, 0.5) is 11.4 Å². The monoisotopic (exact) mass is 410 g/mol. The van der Waals surface area contributed by atoms with Crippen molar-refractivity contribution in [1.29, 1.82) is 0 Å². The molecule has 0 heterocycles. The van der Waals surface area contributed by atoms with E-state index in [0.717, 1.165) is 35.6 Å². The lowest BCUT2D eigenvalue weighted by Gasteiger charge is -2.24. The molecular formula is C24H34N4O2. The van der Waals surface area contributed by atoms with Gasteiger partial charge in [-0.15, -0.1) is 0 Å². The molecule has 0 fully saturated rings. The molecule has 0 bridgehead atoms. The van der Waals surface area contributed by atoms with E-state index in [0.29, 0.717) is 6.54 Å². The molecule has 0 aromatic heterocycles. The Hall–Kier alpha value is -2.86. The van der Waals surface area contributed by atoms with Crippen LogP contribution in [0.1, 0.15) is 23.6 Å². The summed E-state index contributed by atoms with van der Waals surface area (Å²) >= 11 is 0. The number of nitrogens with one attached hydrogen (secondary N) is 2. The van der Waals surface area contributed by atoms with Crippen LogP contribution in [0.15, 0.2) is 42.5 Å². The summed E-state index contributed by atoms with van der Waals surface area (Å²) in [4.78, 5) is 28.5. The number of benzene rings is 2. The van der Waals surface area contributed by atoms with Crippen molar-refractivity contribution in [2.45, 2.75) is 27.7 Å². The zero-order chi connectivity index (χ0) is 22.1. The lowest BCUT2D eigenvalue weighted by molar-refractivity contribution is -0.122. The number of hydrogen-bond acceptors (Lipinski definition) is 4. The number of anilines is 2. The van der Waals surface area contributed by atoms with E-state index in [9.17, 15) is 9.59 Å². The first-order valence-corrected chi connectivity index (χ1v) is 10.4. The Labute approximate surface area is 180 Å².